The van der Waals surface area contributed by atoms with Gasteiger partial charge in [-0.15, -0.1) is 0 Å². The molecule has 0 aromatic heterocycles. The number of methoxy groups -OCH3 is 1. The van der Waals surface area contributed by atoms with Crippen molar-refractivity contribution in [3.8, 4) is 0 Å². The van der Waals surface area contributed by atoms with Crippen molar-refractivity contribution in [2.24, 2.45) is 5.92 Å². The fraction of sp³-hybridized carbons (Fsp3) is 0.533. The van der Waals surface area contributed by atoms with Crippen molar-refractivity contribution >= 4 is 5.97 Å². The predicted molar refractivity (Wildman–Crippen MR) is 71.5 cm³/mol. The van der Waals surface area contributed by atoms with Gasteiger partial charge >= 0.3 is 5.97 Å². The average Bonchev–Trinajstić information content (AvgIpc) is 2.46. The number of carbonyl (C=O) groups excluding carboxylic acids is 1. The van der Waals surface area contributed by atoms with Crippen LogP contribution in [0.25, 0.3) is 0 Å². The third-order valence-corrected chi connectivity index (χ3v) is 3.82. The zero-order valence-electron chi connectivity index (χ0n) is 11.1. The highest BCUT2D eigenvalue weighted by molar-refractivity contribution is 5.89. The summed E-state index contributed by atoms with van der Waals surface area (Å²) in [7, 11) is 1.41. The van der Waals surface area contributed by atoms with Gasteiger partial charge in [0.15, 0.2) is 0 Å². The van der Waals surface area contributed by atoms with Crippen LogP contribution in [0.5, 0.6) is 0 Å². The minimum atomic E-state index is -0.274. The molecule has 0 spiro atoms. The van der Waals surface area contributed by atoms with Crippen LogP contribution >= 0.6 is 0 Å². The first-order chi connectivity index (χ1) is 8.74. The van der Waals surface area contributed by atoms with Crippen LogP contribution < -0.4 is 5.32 Å². The van der Waals surface area contributed by atoms with Crippen molar-refractivity contribution in [3.05, 3.63) is 35.4 Å². The Balaban J connectivity index is 2.07. The van der Waals surface area contributed by atoms with E-state index in [-0.39, 0.29) is 5.97 Å². The molecule has 98 valence electrons. The molecule has 0 radical (unpaired) electrons. The van der Waals surface area contributed by atoms with Crippen molar-refractivity contribution in [1.29, 1.82) is 0 Å². The topological polar surface area (TPSA) is 38.3 Å². The maximum Gasteiger partial charge on any atom is 0.337 e. The van der Waals surface area contributed by atoms with Crippen LogP contribution in [-0.2, 0) is 4.74 Å². The first kappa shape index (κ1) is 13.1. The number of hydrogen-bond donors (Lipinski definition) is 1. The number of esters is 1. The van der Waals surface area contributed by atoms with Crippen molar-refractivity contribution in [2.45, 2.75) is 32.2 Å². The van der Waals surface area contributed by atoms with Gasteiger partial charge in [-0.05, 0) is 43.0 Å². The number of carbonyl (C=O) groups is 1. The number of hydrogen-bond acceptors (Lipinski definition) is 3. The van der Waals surface area contributed by atoms with Crippen molar-refractivity contribution in [1.82, 2.24) is 5.32 Å². The van der Waals surface area contributed by atoms with Gasteiger partial charge in [-0.25, -0.2) is 4.79 Å². The maximum atomic E-state index is 11.4. The predicted octanol–water partition coefficient (Wildman–Crippen LogP) is 2.92. The van der Waals surface area contributed by atoms with Crippen molar-refractivity contribution < 1.29 is 9.53 Å². The van der Waals surface area contributed by atoms with Crippen LogP contribution in [0.1, 0.15) is 48.1 Å². The summed E-state index contributed by atoms with van der Waals surface area (Å²) in [6.45, 7) is 3.34. The zero-order valence-corrected chi connectivity index (χ0v) is 11.1. The van der Waals surface area contributed by atoms with Gasteiger partial charge in [-0.2, -0.15) is 0 Å². The molecule has 1 aliphatic rings. The van der Waals surface area contributed by atoms with Crippen LogP contribution in [-0.4, -0.2) is 19.6 Å². The van der Waals surface area contributed by atoms with Gasteiger partial charge in [0.2, 0.25) is 0 Å². The van der Waals surface area contributed by atoms with E-state index in [9.17, 15) is 4.79 Å². The summed E-state index contributed by atoms with van der Waals surface area (Å²) in [4.78, 5) is 11.4. The van der Waals surface area contributed by atoms with E-state index in [4.69, 9.17) is 4.74 Å². The second kappa shape index (κ2) is 6.01. The summed E-state index contributed by atoms with van der Waals surface area (Å²) >= 11 is 0. The van der Waals surface area contributed by atoms with E-state index in [1.165, 1.54) is 31.9 Å². The molecule has 2 rings (SSSR count). The number of ether oxygens (including phenoxy) is 1. The highest BCUT2D eigenvalue weighted by atomic mass is 16.5. The van der Waals surface area contributed by atoms with E-state index in [2.05, 4.69) is 12.2 Å². The lowest BCUT2D eigenvalue weighted by atomic mass is 9.87. The highest BCUT2D eigenvalue weighted by Crippen LogP contribution is 2.29. The van der Waals surface area contributed by atoms with Gasteiger partial charge in [0.1, 0.15) is 0 Å². The van der Waals surface area contributed by atoms with Gasteiger partial charge < -0.3 is 10.1 Å². The fourth-order valence-corrected chi connectivity index (χ4v) is 2.59. The molecule has 0 bridgehead atoms. The number of nitrogens with one attached hydrogen (secondary N) is 1. The molecule has 1 aromatic carbocycles. The smallest absolute Gasteiger partial charge is 0.337 e. The second-order valence-corrected chi connectivity index (χ2v) is 4.92. The first-order valence-corrected chi connectivity index (χ1v) is 6.66. The third-order valence-electron chi connectivity index (χ3n) is 3.82. The molecule has 1 aromatic rings. The third kappa shape index (κ3) is 2.91. The molecule has 1 heterocycles. The molecule has 0 saturated carbocycles. The minimum Gasteiger partial charge on any atom is -0.465 e. The van der Waals surface area contributed by atoms with Crippen LogP contribution in [0.2, 0.25) is 0 Å². The Morgan fingerprint density at radius 3 is 2.72 bits per heavy atom. The molecule has 1 N–H and O–H groups in total. The molecule has 0 amide bonds. The number of benzene rings is 1. The van der Waals surface area contributed by atoms with Crippen LogP contribution in [0, 0.1) is 5.92 Å². The molecule has 2 unspecified atom stereocenters. The van der Waals surface area contributed by atoms with E-state index >= 15 is 0 Å². The van der Waals surface area contributed by atoms with Crippen LogP contribution in [0.3, 0.4) is 0 Å². The van der Waals surface area contributed by atoms with Crippen molar-refractivity contribution in [2.75, 3.05) is 13.7 Å². The summed E-state index contributed by atoms with van der Waals surface area (Å²) in [6.07, 6.45) is 3.71. The minimum absolute atomic E-state index is 0.274. The average molecular weight is 247 g/mol. The summed E-state index contributed by atoms with van der Waals surface area (Å²) < 4.78 is 4.70. The molecular formula is C15H21NO2. The van der Waals surface area contributed by atoms with E-state index in [1.807, 2.05) is 24.3 Å². The molecule has 3 heteroatoms. The lowest BCUT2D eigenvalue weighted by Gasteiger charge is -2.30. The Kier molecular flexibility index (Phi) is 4.37. The standard InChI is InChI=1S/C15H21NO2/c1-3-11-8-9-16-14(10-11)12-4-6-13(7-5-12)15(17)18-2/h4-7,11,14,16H,3,8-10H2,1-2H3. The van der Waals surface area contributed by atoms with Gasteiger partial charge in [0.05, 0.1) is 12.7 Å². The Hall–Kier alpha value is -1.35. The van der Waals surface area contributed by atoms with Gasteiger partial charge in [-0.3, -0.25) is 0 Å². The summed E-state index contributed by atoms with van der Waals surface area (Å²) in [5, 5.41) is 3.55. The Labute approximate surface area is 109 Å². The fourth-order valence-electron chi connectivity index (χ4n) is 2.59. The summed E-state index contributed by atoms with van der Waals surface area (Å²) in [5.74, 6) is 0.543. The lowest BCUT2D eigenvalue weighted by molar-refractivity contribution is 0.0600. The highest BCUT2D eigenvalue weighted by Gasteiger charge is 2.21. The zero-order chi connectivity index (χ0) is 13.0. The Bertz CT molecular complexity index is 399. The molecular weight excluding hydrogens is 226 g/mol. The molecule has 1 fully saturated rings. The maximum absolute atomic E-state index is 11.4. The van der Waals surface area contributed by atoms with Gasteiger partial charge in [0, 0.05) is 6.04 Å². The largest absolute Gasteiger partial charge is 0.465 e. The quantitative estimate of drug-likeness (QED) is 0.835. The number of rotatable bonds is 3. The molecule has 2 atom stereocenters. The van der Waals surface area contributed by atoms with Crippen LogP contribution in [0.15, 0.2) is 24.3 Å². The molecule has 3 nitrogen and oxygen atoms in total. The monoisotopic (exact) mass is 247 g/mol. The first-order valence-electron chi connectivity index (χ1n) is 6.66. The number of piperidine rings is 1. The van der Waals surface area contributed by atoms with Crippen molar-refractivity contribution in [3.63, 3.8) is 0 Å². The van der Waals surface area contributed by atoms with E-state index < -0.39 is 0 Å². The van der Waals surface area contributed by atoms with E-state index in [1.54, 1.807) is 0 Å². The SMILES string of the molecule is CCC1CCNC(c2ccc(C(=O)OC)cc2)C1. The molecule has 1 aliphatic heterocycles. The van der Waals surface area contributed by atoms with E-state index in [0.717, 1.165) is 12.5 Å². The van der Waals surface area contributed by atoms with Gasteiger partial charge in [0.25, 0.3) is 0 Å². The van der Waals surface area contributed by atoms with E-state index in [0.29, 0.717) is 11.6 Å². The lowest BCUT2D eigenvalue weighted by Crippen LogP contribution is -2.31. The molecule has 1 saturated heterocycles. The Morgan fingerprint density at radius 2 is 2.11 bits per heavy atom. The summed E-state index contributed by atoms with van der Waals surface area (Å²) in [6, 6.07) is 8.18. The molecule has 18 heavy (non-hydrogen) atoms. The Morgan fingerprint density at radius 1 is 1.39 bits per heavy atom. The van der Waals surface area contributed by atoms with Crippen LogP contribution in [0.4, 0.5) is 0 Å². The van der Waals surface area contributed by atoms with Gasteiger partial charge in [-0.1, -0.05) is 25.5 Å². The normalized spacial score (nSPS) is 23.7. The molecule has 0 aliphatic carbocycles. The summed E-state index contributed by atoms with van der Waals surface area (Å²) in [5.41, 5.74) is 1.88. The second-order valence-electron chi connectivity index (χ2n) is 4.92.